The summed E-state index contributed by atoms with van der Waals surface area (Å²) in [5.74, 6) is -1.07. The van der Waals surface area contributed by atoms with Crippen molar-refractivity contribution in [1.82, 2.24) is 37.8 Å². The molecule has 0 unspecified atom stereocenters. The highest BCUT2D eigenvalue weighted by Gasteiger charge is 2.39. The molecule has 6 aliphatic heterocycles. The van der Waals surface area contributed by atoms with Crippen LogP contribution in [0.25, 0.3) is 84.7 Å². The average molecular weight is 1790 g/mol. The van der Waals surface area contributed by atoms with Gasteiger partial charge in [-0.25, -0.2) is 44.6 Å². The summed E-state index contributed by atoms with van der Waals surface area (Å²) in [7, 11) is -11.1. The van der Waals surface area contributed by atoms with Crippen LogP contribution in [0.3, 0.4) is 0 Å². The van der Waals surface area contributed by atoms with E-state index in [1.54, 1.807) is 98.7 Å². The maximum absolute atomic E-state index is 13.9. The summed E-state index contributed by atoms with van der Waals surface area (Å²) in [4.78, 5) is 85.4. The molecule has 127 heavy (non-hydrogen) atoms. The monoisotopic (exact) mass is 1790 g/mol. The molecule has 0 bridgehead atoms. The molecule has 0 atom stereocenters. The molecule has 25 nitrogen and oxygen atoms in total. The number of nitrogens with one attached hydrogen (secondary N) is 2. The number of aromatic carboxylic acids is 1. The molecule has 9 aromatic rings. The molecule has 9 aliphatic rings. The molecule has 28 heteroatoms. The highest BCUT2D eigenvalue weighted by molar-refractivity contribution is 7.91. The quantitative estimate of drug-likeness (QED) is 0.0935. The van der Waals surface area contributed by atoms with Gasteiger partial charge in [0, 0.05) is 117 Å². The van der Waals surface area contributed by atoms with Crippen molar-refractivity contribution in [2.75, 3.05) is 78.9 Å². The van der Waals surface area contributed by atoms with Gasteiger partial charge in [-0.3, -0.25) is 24.0 Å². The molecule has 18 rings (SSSR count). The number of hydrogen-bond donors (Lipinski definition) is 4. The zero-order valence-electron chi connectivity index (χ0n) is 74.4. The highest BCUT2D eigenvalue weighted by atomic mass is 32.2. The number of nitrogens with zero attached hydrogens (tertiary/aromatic N) is 6. The minimum Gasteiger partial charge on any atom is -0.478 e. The fourth-order valence-electron chi connectivity index (χ4n) is 19.0. The number of hydrogen-bond acceptors (Lipinski definition) is 15. The number of benzene rings is 6. The van der Waals surface area contributed by atoms with Gasteiger partial charge in [-0.1, -0.05) is 149 Å². The number of carboxylic acid groups (broad SMARTS) is 1. The van der Waals surface area contributed by atoms with Crippen LogP contribution in [0.1, 0.15) is 241 Å². The molecule has 3 saturated carbocycles. The fourth-order valence-corrected chi connectivity index (χ4v) is 20.3. The van der Waals surface area contributed by atoms with Crippen molar-refractivity contribution in [1.29, 1.82) is 0 Å². The second-order valence-corrected chi connectivity index (χ2v) is 45.0. The van der Waals surface area contributed by atoms with E-state index in [1.165, 1.54) is 74.5 Å². The molecule has 5 N–H and O–H groups in total. The normalized spacial score (nSPS) is 18.0. The van der Waals surface area contributed by atoms with Crippen molar-refractivity contribution < 1.29 is 73.3 Å². The Bertz CT molecular complexity index is 5980. The Labute approximate surface area is 745 Å². The number of carbonyl (C=O) groups is 6. The van der Waals surface area contributed by atoms with E-state index in [2.05, 4.69) is 65.6 Å². The number of morpholine rings is 3. The summed E-state index contributed by atoms with van der Waals surface area (Å²) in [6.45, 7) is 21.8. The molecule has 3 aliphatic carbocycles. The Morgan fingerprint density at radius 2 is 0.630 bits per heavy atom. The third kappa shape index (κ3) is 19.2. The van der Waals surface area contributed by atoms with Crippen LogP contribution in [0, 0.1) is 0 Å². The van der Waals surface area contributed by atoms with E-state index in [9.17, 15) is 59.1 Å². The summed E-state index contributed by atoms with van der Waals surface area (Å²) in [6, 6.07) is 41.2. The number of rotatable bonds is 11. The third-order valence-corrected chi connectivity index (χ3v) is 32.2. The maximum atomic E-state index is 13.9. The first kappa shape index (κ1) is 91.4. The smallest absolute Gasteiger partial charge is 0.335 e. The van der Waals surface area contributed by atoms with Crippen LogP contribution in [0.5, 0.6) is 0 Å². The van der Waals surface area contributed by atoms with Crippen LogP contribution in [0.2, 0.25) is 0 Å². The summed E-state index contributed by atoms with van der Waals surface area (Å²) in [5.41, 5.74) is 19.0. The second-order valence-electron chi connectivity index (χ2n) is 37.8. The topological polar surface area (TPSA) is 327 Å². The van der Waals surface area contributed by atoms with Gasteiger partial charge in [0.25, 0.3) is 29.5 Å². The van der Waals surface area contributed by atoms with Gasteiger partial charge in [-0.15, -0.1) is 0 Å². The third-order valence-electron chi connectivity index (χ3n) is 26.4. The zero-order chi connectivity index (χ0) is 90.2. The molecule has 674 valence electrons. The van der Waals surface area contributed by atoms with Gasteiger partial charge in [0.15, 0.2) is 0 Å². The lowest BCUT2D eigenvalue weighted by Gasteiger charge is -2.28. The van der Waals surface area contributed by atoms with Crippen LogP contribution < -0.4 is 14.6 Å². The molecule has 5 amide bonds. The Morgan fingerprint density at radius 1 is 0.370 bits per heavy atom. The number of carboxylic acids is 1. The number of carbonyl (C=O) groups excluding carboxylic acids is 5. The predicted octanol–water partition coefficient (Wildman–Crippen LogP) is 16.3. The number of ether oxygens (including phenoxy) is 3. The van der Waals surface area contributed by atoms with Crippen LogP contribution in [-0.2, 0) is 78.3 Å². The van der Waals surface area contributed by atoms with E-state index in [1.807, 2.05) is 81.5 Å². The fraction of sp³-hybridized carbons (Fsp3) is 0.455. The predicted molar refractivity (Wildman–Crippen MR) is 498 cm³/mol. The van der Waals surface area contributed by atoms with E-state index < -0.39 is 62.1 Å². The van der Waals surface area contributed by atoms with E-state index in [0.29, 0.717) is 127 Å². The van der Waals surface area contributed by atoms with E-state index in [4.69, 9.17) is 19.3 Å². The Balaban J connectivity index is 0.000000141. The molecular weight excluding hydrogens is 1670 g/mol. The number of primary sulfonamides is 1. The van der Waals surface area contributed by atoms with E-state index in [-0.39, 0.29) is 34.4 Å². The minimum atomic E-state index is -3.88. The van der Waals surface area contributed by atoms with Crippen molar-refractivity contribution in [2.45, 2.75) is 210 Å². The number of sulfonamides is 3. The largest absolute Gasteiger partial charge is 0.478 e. The van der Waals surface area contributed by atoms with Crippen molar-refractivity contribution in [3.63, 3.8) is 0 Å². The van der Waals surface area contributed by atoms with Gasteiger partial charge < -0.3 is 47.7 Å². The van der Waals surface area contributed by atoms with Crippen LogP contribution in [0.4, 0.5) is 0 Å². The molecule has 3 saturated heterocycles. The zero-order valence-corrected chi connectivity index (χ0v) is 76.8. The molecule has 0 radical (unpaired) electrons. The average Bonchev–Trinajstić information content (AvgIpc) is 1.59. The molecule has 3 aromatic heterocycles. The minimum absolute atomic E-state index is 0.00723. The highest BCUT2D eigenvalue weighted by Crippen LogP contribution is 2.51. The first-order valence-corrected chi connectivity index (χ1v) is 49.4. The summed E-state index contributed by atoms with van der Waals surface area (Å²) >= 11 is 0. The lowest BCUT2D eigenvalue weighted by Crippen LogP contribution is -2.42. The van der Waals surface area contributed by atoms with Gasteiger partial charge in [-0.2, -0.15) is 0 Å². The van der Waals surface area contributed by atoms with Crippen molar-refractivity contribution in [3.8, 4) is 33.8 Å². The molecule has 0 spiro atoms. The SMILES string of the molecule is CC(C)(C)S(=O)(=O)NC(=O)c1ccc2c(C3CCCCC3)c3n(c2c1)CC(C(=O)N1CCOCC1)=Cc1ccccc1-3.CC(C)(C)S(=O)(=O)NC(=O)c1ccc2c(C3CCCCC3)c3n(c2c1)CC(C(=O)N1CCOCC1)=Cc1ccccc1-3.CC(C)(C)S(N)(=O)=O.O=C(O)c1ccc2c(C3CCCCC3)c3n(c2c1)CC(C(=O)N1CCOCC1)=Cc1ccccc1-3. The van der Waals surface area contributed by atoms with Crippen LogP contribution >= 0.6 is 0 Å². The summed E-state index contributed by atoms with van der Waals surface area (Å²) < 4.78 is 96.5. The Morgan fingerprint density at radius 3 is 0.890 bits per heavy atom. The van der Waals surface area contributed by atoms with E-state index in [0.717, 1.165) is 127 Å². The lowest BCUT2D eigenvalue weighted by molar-refractivity contribution is -0.131. The summed E-state index contributed by atoms with van der Waals surface area (Å²) in [5, 5.41) is 17.8. The number of nitrogens with two attached hydrogens (primary N) is 1. The Kier molecular flexibility index (Phi) is 26.9. The van der Waals surface area contributed by atoms with Gasteiger partial charge in [-0.05, 0) is 207 Å². The standard InChI is InChI=1S/2C33H39N3O5S.C29H30N2O4.C4H11NO2S/c2*1-33(2,3)42(39,40)34-31(37)24-13-14-27-28(20-24)36-21-25(32(38)35-15-17-41-18-16-35)19-23-11-7-8-12-26(23)30(36)29(27)22-9-5-4-6-10-22;32-28(30-12-14-35-15-13-30)22-16-20-8-4-5-9-23(20)27-26(19-6-2-1-3-7-19)24-11-10-21(29(33)34)17-25(24)31(27)18-22;1-4(2,3)8(5,6)7/h2*7-8,11-14,19-20,22H,4-6,9-10,15-18,21H2,1-3H3,(H,34,37);4-5,8-11,16-17,19H,1-3,6-7,12-15,18H2,(H,33,34);1-3H3,(H2,5,6,7). The van der Waals surface area contributed by atoms with Gasteiger partial charge in [0.05, 0.1) is 96.2 Å². The van der Waals surface area contributed by atoms with Crippen molar-refractivity contribution >= 4 is 117 Å². The number of aromatic nitrogens is 3. The first-order valence-electron chi connectivity index (χ1n) is 44.8. The van der Waals surface area contributed by atoms with Gasteiger partial charge in [0.1, 0.15) is 0 Å². The van der Waals surface area contributed by atoms with Crippen LogP contribution in [-0.4, -0.2) is 187 Å². The molecule has 6 fully saturated rings. The first-order chi connectivity index (χ1) is 60.5. The van der Waals surface area contributed by atoms with Crippen molar-refractivity contribution in [3.05, 3.63) is 194 Å². The maximum Gasteiger partial charge on any atom is 0.335 e. The van der Waals surface area contributed by atoms with Crippen LogP contribution in [0.15, 0.2) is 144 Å². The summed E-state index contributed by atoms with van der Waals surface area (Å²) in [6.07, 6.45) is 23.5. The number of fused-ring (bicyclic) bond motifs is 15. The van der Waals surface area contributed by atoms with Crippen molar-refractivity contribution in [2.24, 2.45) is 5.14 Å². The molecule has 6 aromatic carbocycles. The van der Waals surface area contributed by atoms with Gasteiger partial charge in [0.2, 0.25) is 30.1 Å². The molecule has 9 heterocycles. The molecular formula is C99H119N9O16S3. The lowest BCUT2D eigenvalue weighted by atomic mass is 9.81. The Hall–Kier alpha value is -10.3. The second kappa shape index (κ2) is 37.4. The van der Waals surface area contributed by atoms with E-state index >= 15 is 0 Å². The number of amides is 5. The van der Waals surface area contributed by atoms with Gasteiger partial charge >= 0.3 is 5.97 Å².